The first kappa shape index (κ1) is 12.5. The molecular formula is C13H18N2OS. The summed E-state index contributed by atoms with van der Waals surface area (Å²) in [4.78, 5) is 13.3. The first-order valence-corrected chi connectivity index (χ1v) is 6.55. The van der Waals surface area contributed by atoms with Gasteiger partial charge in [-0.1, -0.05) is 12.1 Å². The summed E-state index contributed by atoms with van der Waals surface area (Å²) in [5.74, 6) is 1.05. The van der Waals surface area contributed by atoms with Crippen LogP contribution < -0.4 is 10.2 Å². The summed E-state index contributed by atoms with van der Waals surface area (Å²) in [6.45, 7) is 1.90. The van der Waals surface area contributed by atoms with E-state index in [2.05, 4.69) is 30.1 Å². The van der Waals surface area contributed by atoms with Crippen molar-refractivity contribution in [3.8, 4) is 0 Å². The number of hydrogen-bond donors (Lipinski definition) is 2. The number of amides is 1. The van der Waals surface area contributed by atoms with Gasteiger partial charge in [0, 0.05) is 25.0 Å². The highest BCUT2D eigenvalue weighted by Gasteiger charge is 2.23. The zero-order valence-corrected chi connectivity index (χ0v) is 11.0. The number of benzene rings is 1. The number of rotatable bonds is 5. The number of nitrogens with zero attached hydrogens (tertiary/aromatic N) is 1. The number of carbonyl (C=O) groups is 1. The molecule has 0 atom stereocenters. The van der Waals surface area contributed by atoms with Crippen molar-refractivity contribution in [2.75, 3.05) is 30.8 Å². The number of thiol groups is 1. The van der Waals surface area contributed by atoms with Crippen LogP contribution in [-0.2, 0) is 17.6 Å². The maximum absolute atomic E-state index is 11.5. The Hall–Kier alpha value is -1.00. The molecule has 0 aliphatic carbocycles. The van der Waals surface area contributed by atoms with E-state index in [0.29, 0.717) is 6.42 Å². The molecule has 1 aromatic carbocycles. The summed E-state index contributed by atoms with van der Waals surface area (Å²) in [5.41, 5.74) is 3.50. The van der Waals surface area contributed by atoms with Crippen molar-refractivity contribution >= 4 is 24.2 Å². The van der Waals surface area contributed by atoms with Crippen LogP contribution in [0.4, 0.5) is 5.69 Å². The van der Waals surface area contributed by atoms with E-state index in [9.17, 15) is 4.79 Å². The third kappa shape index (κ3) is 2.82. The lowest BCUT2D eigenvalue weighted by atomic mass is 10.1. The molecule has 0 radical (unpaired) electrons. The molecule has 92 valence electrons. The molecule has 1 aromatic rings. The van der Waals surface area contributed by atoms with E-state index in [1.54, 1.807) is 4.90 Å². The zero-order chi connectivity index (χ0) is 12.3. The third-order valence-electron chi connectivity index (χ3n) is 3.10. The number of carbonyl (C=O) groups excluding carboxylic acids is 1. The van der Waals surface area contributed by atoms with E-state index in [1.165, 1.54) is 5.56 Å². The molecule has 4 heteroatoms. The van der Waals surface area contributed by atoms with Crippen molar-refractivity contribution in [3.05, 3.63) is 29.3 Å². The van der Waals surface area contributed by atoms with Crippen molar-refractivity contribution in [2.45, 2.75) is 12.8 Å². The minimum atomic E-state index is 0.186. The van der Waals surface area contributed by atoms with Gasteiger partial charge in [-0.2, -0.15) is 12.6 Å². The second-order valence-corrected chi connectivity index (χ2v) is 4.76. The maximum Gasteiger partial charge on any atom is 0.231 e. The van der Waals surface area contributed by atoms with E-state index in [4.69, 9.17) is 0 Å². The van der Waals surface area contributed by atoms with Crippen LogP contribution in [0.15, 0.2) is 18.2 Å². The van der Waals surface area contributed by atoms with Gasteiger partial charge in [0.05, 0.1) is 6.42 Å². The Kier molecular flexibility index (Phi) is 4.07. The Morgan fingerprint density at radius 2 is 2.24 bits per heavy atom. The van der Waals surface area contributed by atoms with Crippen LogP contribution in [0.1, 0.15) is 11.1 Å². The fraction of sp³-hybridized carbons (Fsp3) is 0.462. The van der Waals surface area contributed by atoms with Crippen molar-refractivity contribution in [1.29, 1.82) is 0 Å². The summed E-state index contributed by atoms with van der Waals surface area (Å²) in [5, 5.41) is 3.32. The normalized spacial score (nSPS) is 14.2. The molecule has 1 aliphatic heterocycles. The van der Waals surface area contributed by atoms with E-state index >= 15 is 0 Å². The molecule has 17 heavy (non-hydrogen) atoms. The van der Waals surface area contributed by atoms with Crippen molar-refractivity contribution < 1.29 is 4.79 Å². The molecule has 3 nitrogen and oxygen atoms in total. The van der Waals surface area contributed by atoms with Gasteiger partial charge in [0.15, 0.2) is 0 Å². The van der Waals surface area contributed by atoms with Gasteiger partial charge in [0.2, 0.25) is 5.91 Å². The fourth-order valence-electron chi connectivity index (χ4n) is 2.12. The van der Waals surface area contributed by atoms with Crippen LogP contribution in [0.3, 0.4) is 0 Å². The van der Waals surface area contributed by atoms with Crippen LogP contribution in [0.25, 0.3) is 0 Å². The minimum absolute atomic E-state index is 0.186. The van der Waals surface area contributed by atoms with Crippen LogP contribution >= 0.6 is 12.6 Å². The fourth-order valence-corrected chi connectivity index (χ4v) is 2.27. The van der Waals surface area contributed by atoms with Crippen LogP contribution in [-0.4, -0.2) is 31.8 Å². The van der Waals surface area contributed by atoms with Gasteiger partial charge < -0.3 is 10.2 Å². The van der Waals surface area contributed by atoms with E-state index < -0.39 is 0 Å². The molecule has 1 heterocycles. The number of likely N-dealkylation sites (N-methyl/N-ethyl adjacent to an activating group) is 1. The average molecular weight is 250 g/mol. The standard InChI is InChI=1S/C13H18N2OS/c1-15-12-3-2-10(4-5-14-6-7-17)8-11(12)9-13(15)16/h2-3,8,14,17H,4-7,9H2,1H3. The van der Waals surface area contributed by atoms with Gasteiger partial charge >= 0.3 is 0 Å². The van der Waals surface area contributed by atoms with Gasteiger partial charge in [0.1, 0.15) is 0 Å². The lowest BCUT2D eigenvalue weighted by molar-refractivity contribution is -0.117. The summed E-state index contributed by atoms with van der Waals surface area (Å²) >= 11 is 4.15. The van der Waals surface area contributed by atoms with E-state index in [-0.39, 0.29) is 5.91 Å². The largest absolute Gasteiger partial charge is 0.316 e. The molecule has 1 N–H and O–H groups in total. The molecule has 0 saturated heterocycles. The van der Waals surface area contributed by atoms with Crippen LogP contribution in [0.2, 0.25) is 0 Å². The monoisotopic (exact) mass is 250 g/mol. The van der Waals surface area contributed by atoms with Crippen molar-refractivity contribution in [3.63, 3.8) is 0 Å². The first-order valence-electron chi connectivity index (χ1n) is 5.92. The predicted molar refractivity (Wildman–Crippen MR) is 74.0 cm³/mol. The van der Waals surface area contributed by atoms with Gasteiger partial charge in [-0.3, -0.25) is 4.79 Å². The number of anilines is 1. The summed E-state index contributed by atoms with van der Waals surface area (Å²) in [7, 11) is 1.84. The molecular weight excluding hydrogens is 232 g/mol. The molecule has 0 saturated carbocycles. The lowest BCUT2D eigenvalue weighted by Crippen LogP contribution is -2.20. The van der Waals surface area contributed by atoms with Gasteiger partial charge in [-0.25, -0.2) is 0 Å². The Balaban J connectivity index is 1.98. The molecule has 0 aromatic heterocycles. The molecule has 2 rings (SSSR count). The van der Waals surface area contributed by atoms with Gasteiger partial charge in [-0.15, -0.1) is 0 Å². The second kappa shape index (κ2) is 5.56. The SMILES string of the molecule is CN1C(=O)Cc2cc(CCNCCS)ccc21. The lowest BCUT2D eigenvalue weighted by Gasteiger charge is -2.10. The van der Waals surface area contributed by atoms with E-state index in [1.807, 2.05) is 13.1 Å². The Morgan fingerprint density at radius 3 is 3.00 bits per heavy atom. The summed E-state index contributed by atoms with van der Waals surface area (Å²) in [6, 6.07) is 6.31. The molecule has 0 bridgehead atoms. The highest BCUT2D eigenvalue weighted by molar-refractivity contribution is 7.80. The number of hydrogen-bond acceptors (Lipinski definition) is 3. The van der Waals surface area contributed by atoms with Crippen LogP contribution in [0, 0.1) is 0 Å². The smallest absolute Gasteiger partial charge is 0.231 e. The minimum Gasteiger partial charge on any atom is -0.316 e. The quantitative estimate of drug-likeness (QED) is 0.609. The average Bonchev–Trinajstić information content (AvgIpc) is 2.61. The van der Waals surface area contributed by atoms with Crippen molar-refractivity contribution in [2.24, 2.45) is 0 Å². The molecule has 0 spiro atoms. The predicted octanol–water partition coefficient (Wildman–Crippen LogP) is 1.27. The van der Waals surface area contributed by atoms with Gasteiger partial charge in [0.25, 0.3) is 0 Å². The van der Waals surface area contributed by atoms with Gasteiger partial charge in [-0.05, 0) is 30.2 Å². The number of nitrogens with one attached hydrogen (secondary N) is 1. The zero-order valence-electron chi connectivity index (χ0n) is 10.1. The second-order valence-electron chi connectivity index (χ2n) is 4.32. The van der Waals surface area contributed by atoms with E-state index in [0.717, 1.165) is 36.5 Å². The summed E-state index contributed by atoms with van der Waals surface area (Å²) < 4.78 is 0. The van der Waals surface area contributed by atoms with Crippen molar-refractivity contribution in [1.82, 2.24) is 5.32 Å². The topological polar surface area (TPSA) is 32.3 Å². The Morgan fingerprint density at radius 1 is 1.41 bits per heavy atom. The highest BCUT2D eigenvalue weighted by atomic mass is 32.1. The van der Waals surface area contributed by atoms with Crippen LogP contribution in [0.5, 0.6) is 0 Å². The Bertz CT molecular complexity index is 420. The summed E-state index contributed by atoms with van der Waals surface area (Å²) in [6.07, 6.45) is 1.54. The molecule has 0 fully saturated rings. The molecule has 1 amide bonds. The molecule has 1 aliphatic rings. The number of fused-ring (bicyclic) bond motifs is 1. The maximum atomic E-state index is 11.5. The highest BCUT2D eigenvalue weighted by Crippen LogP contribution is 2.28. The Labute approximate surface area is 108 Å². The first-order chi connectivity index (χ1) is 8.22. The third-order valence-corrected chi connectivity index (χ3v) is 3.32. The molecule has 0 unspecified atom stereocenters.